The third kappa shape index (κ3) is 3.68. The monoisotopic (exact) mass is 237 g/mol. The highest BCUT2D eigenvalue weighted by molar-refractivity contribution is 5.40. The van der Waals surface area contributed by atoms with Gasteiger partial charge in [-0.2, -0.15) is 0 Å². The number of nitrogens with zero attached hydrogens (tertiary/aromatic N) is 2. The van der Waals surface area contributed by atoms with E-state index in [2.05, 4.69) is 23.7 Å². The first-order chi connectivity index (χ1) is 8.26. The van der Waals surface area contributed by atoms with Crippen LogP contribution in [0, 0.1) is 0 Å². The number of aliphatic hydroxyl groups is 1. The largest absolute Gasteiger partial charge is 0.395 e. The van der Waals surface area contributed by atoms with E-state index in [-0.39, 0.29) is 6.61 Å². The van der Waals surface area contributed by atoms with Gasteiger partial charge in [-0.1, -0.05) is 19.9 Å². The smallest absolute Gasteiger partial charge is 0.129 e. The Morgan fingerprint density at radius 3 is 2.59 bits per heavy atom. The van der Waals surface area contributed by atoms with Gasteiger partial charge in [-0.25, -0.2) is 4.98 Å². The molecule has 1 aromatic rings. The number of hydrogen-bond donors (Lipinski definition) is 2. The molecule has 4 heteroatoms. The predicted octanol–water partition coefficient (Wildman–Crippen LogP) is 1.53. The first-order valence-corrected chi connectivity index (χ1v) is 6.30. The van der Waals surface area contributed by atoms with Crippen molar-refractivity contribution >= 4 is 5.82 Å². The van der Waals surface area contributed by atoms with Crippen LogP contribution in [0.5, 0.6) is 0 Å². The summed E-state index contributed by atoms with van der Waals surface area (Å²) in [5, 5.41) is 9.17. The second-order valence-corrected chi connectivity index (χ2v) is 4.08. The summed E-state index contributed by atoms with van der Waals surface area (Å²) in [5.74, 6) is 0.913. The van der Waals surface area contributed by atoms with E-state index in [0.29, 0.717) is 19.1 Å². The van der Waals surface area contributed by atoms with Gasteiger partial charge in [-0.3, -0.25) is 0 Å². The van der Waals surface area contributed by atoms with Crippen molar-refractivity contribution in [2.24, 2.45) is 5.73 Å². The fraction of sp³-hybridized carbons (Fsp3) is 0.615. The zero-order chi connectivity index (χ0) is 12.7. The lowest BCUT2D eigenvalue weighted by Crippen LogP contribution is -2.37. The molecule has 0 saturated heterocycles. The van der Waals surface area contributed by atoms with Crippen LogP contribution in [0.15, 0.2) is 18.2 Å². The van der Waals surface area contributed by atoms with E-state index in [0.717, 1.165) is 24.4 Å². The zero-order valence-corrected chi connectivity index (χ0v) is 10.8. The molecule has 0 radical (unpaired) electrons. The first kappa shape index (κ1) is 13.9. The van der Waals surface area contributed by atoms with Gasteiger partial charge in [0.15, 0.2) is 0 Å². The minimum atomic E-state index is 0.144. The van der Waals surface area contributed by atoms with Crippen LogP contribution in [-0.2, 0) is 6.54 Å². The van der Waals surface area contributed by atoms with Gasteiger partial charge in [0, 0.05) is 19.1 Å². The molecule has 0 atom stereocenters. The Balaban J connectivity index is 2.94. The average Bonchev–Trinajstić information content (AvgIpc) is 2.39. The van der Waals surface area contributed by atoms with Gasteiger partial charge in [0.05, 0.1) is 12.3 Å². The quantitative estimate of drug-likeness (QED) is 0.755. The van der Waals surface area contributed by atoms with Crippen molar-refractivity contribution < 1.29 is 5.11 Å². The van der Waals surface area contributed by atoms with Crippen LogP contribution in [0.2, 0.25) is 0 Å². The molecule has 0 aliphatic rings. The summed E-state index contributed by atoms with van der Waals surface area (Å²) >= 11 is 0. The third-order valence-electron chi connectivity index (χ3n) is 3.02. The highest BCUT2D eigenvalue weighted by Crippen LogP contribution is 2.18. The molecule has 1 heterocycles. The lowest BCUT2D eigenvalue weighted by Gasteiger charge is -2.31. The molecule has 0 aliphatic carbocycles. The molecule has 0 saturated carbocycles. The van der Waals surface area contributed by atoms with Crippen molar-refractivity contribution in [1.29, 1.82) is 0 Å². The SMILES string of the molecule is CCC(CC)N(CCO)c1cccc(CN)n1. The maximum atomic E-state index is 9.17. The Morgan fingerprint density at radius 1 is 1.35 bits per heavy atom. The molecule has 0 amide bonds. The van der Waals surface area contributed by atoms with Gasteiger partial charge in [0.1, 0.15) is 5.82 Å². The topological polar surface area (TPSA) is 62.4 Å². The summed E-state index contributed by atoms with van der Waals surface area (Å²) in [6.45, 7) is 5.53. The molecular formula is C13H23N3O. The number of aliphatic hydroxyl groups excluding tert-OH is 1. The normalized spacial score (nSPS) is 10.9. The number of anilines is 1. The van der Waals surface area contributed by atoms with Crippen LogP contribution in [0.25, 0.3) is 0 Å². The molecule has 96 valence electrons. The average molecular weight is 237 g/mol. The van der Waals surface area contributed by atoms with Crippen LogP contribution in [0.4, 0.5) is 5.82 Å². The number of aromatic nitrogens is 1. The van der Waals surface area contributed by atoms with Gasteiger partial charge in [-0.05, 0) is 25.0 Å². The fourth-order valence-electron chi connectivity index (χ4n) is 2.06. The third-order valence-corrected chi connectivity index (χ3v) is 3.02. The van der Waals surface area contributed by atoms with E-state index in [1.807, 2.05) is 18.2 Å². The van der Waals surface area contributed by atoms with Gasteiger partial charge < -0.3 is 15.7 Å². The summed E-state index contributed by atoms with van der Waals surface area (Å²) in [7, 11) is 0. The van der Waals surface area contributed by atoms with Crippen LogP contribution in [0.1, 0.15) is 32.4 Å². The molecule has 0 aromatic carbocycles. The Labute approximate surface area is 103 Å². The molecule has 0 unspecified atom stereocenters. The second-order valence-electron chi connectivity index (χ2n) is 4.08. The molecule has 1 rings (SSSR count). The van der Waals surface area contributed by atoms with E-state index in [1.54, 1.807) is 0 Å². The van der Waals surface area contributed by atoms with Crippen LogP contribution < -0.4 is 10.6 Å². The van der Waals surface area contributed by atoms with Crippen molar-refractivity contribution in [3.05, 3.63) is 23.9 Å². The van der Waals surface area contributed by atoms with E-state index in [1.165, 1.54) is 0 Å². The van der Waals surface area contributed by atoms with Crippen molar-refractivity contribution in [2.45, 2.75) is 39.3 Å². The zero-order valence-electron chi connectivity index (χ0n) is 10.8. The number of hydrogen-bond acceptors (Lipinski definition) is 4. The van der Waals surface area contributed by atoms with E-state index in [4.69, 9.17) is 5.73 Å². The summed E-state index contributed by atoms with van der Waals surface area (Å²) in [5.41, 5.74) is 6.49. The summed E-state index contributed by atoms with van der Waals surface area (Å²) < 4.78 is 0. The molecule has 3 N–H and O–H groups in total. The summed E-state index contributed by atoms with van der Waals surface area (Å²) in [4.78, 5) is 6.68. The summed E-state index contributed by atoms with van der Waals surface area (Å²) in [6, 6.07) is 6.29. The van der Waals surface area contributed by atoms with E-state index < -0.39 is 0 Å². The molecular weight excluding hydrogens is 214 g/mol. The van der Waals surface area contributed by atoms with Gasteiger partial charge >= 0.3 is 0 Å². The van der Waals surface area contributed by atoms with Crippen molar-refractivity contribution in [2.75, 3.05) is 18.1 Å². The molecule has 0 spiro atoms. The van der Waals surface area contributed by atoms with Crippen LogP contribution >= 0.6 is 0 Å². The molecule has 4 nitrogen and oxygen atoms in total. The molecule has 1 aromatic heterocycles. The predicted molar refractivity (Wildman–Crippen MR) is 70.9 cm³/mol. The number of rotatable bonds is 7. The maximum absolute atomic E-state index is 9.17. The Kier molecular flexibility index (Phi) is 5.94. The van der Waals surface area contributed by atoms with Gasteiger partial charge in [0.2, 0.25) is 0 Å². The van der Waals surface area contributed by atoms with Crippen molar-refractivity contribution in [1.82, 2.24) is 4.98 Å². The highest BCUT2D eigenvalue weighted by Gasteiger charge is 2.16. The van der Waals surface area contributed by atoms with Crippen molar-refractivity contribution in [3.8, 4) is 0 Å². The molecule has 0 bridgehead atoms. The van der Waals surface area contributed by atoms with Gasteiger partial charge in [-0.15, -0.1) is 0 Å². The molecule has 0 fully saturated rings. The van der Waals surface area contributed by atoms with Crippen LogP contribution in [0.3, 0.4) is 0 Å². The van der Waals surface area contributed by atoms with Crippen molar-refractivity contribution in [3.63, 3.8) is 0 Å². The minimum Gasteiger partial charge on any atom is -0.395 e. The fourth-order valence-corrected chi connectivity index (χ4v) is 2.06. The summed E-state index contributed by atoms with van der Waals surface area (Å²) in [6.07, 6.45) is 2.09. The lowest BCUT2D eigenvalue weighted by atomic mass is 10.1. The van der Waals surface area contributed by atoms with E-state index >= 15 is 0 Å². The van der Waals surface area contributed by atoms with Gasteiger partial charge in [0.25, 0.3) is 0 Å². The Bertz CT molecular complexity index is 326. The van der Waals surface area contributed by atoms with E-state index in [9.17, 15) is 5.11 Å². The van der Waals surface area contributed by atoms with Crippen LogP contribution in [-0.4, -0.2) is 29.3 Å². The highest BCUT2D eigenvalue weighted by atomic mass is 16.3. The Hall–Kier alpha value is -1.13. The molecule has 0 aliphatic heterocycles. The maximum Gasteiger partial charge on any atom is 0.129 e. The Morgan fingerprint density at radius 2 is 2.06 bits per heavy atom. The lowest BCUT2D eigenvalue weighted by molar-refractivity contribution is 0.295. The molecule has 17 heavy (non-hydrogen) atoms. The minimum absolute atomic E-state index is 0.144. The second kappa shape index (κ2) is 7.25. The number of nitrogens with two attached hydrogens (primary N) is 1. The number of pyridine rings is 1. The standard InChI is InChI=1S/C13H23N3O/c1-3-12(4-2)16(8-9-17)13-7-5-6-11(10-14)15-13/h5-7,12,17H,3-4,8-10,14H2,1-2H3. The first-order valence-electron chi connectivity index (χ1n) is 6.30.